The molecule has 0 saturated heterocycles. The summed E-state index contributed by atoms with van der Waals surface area (Å²) in [6.45, 7) is 0.366. The summed E-state index contributed by atoms with van der Waals surface area (Å²) in [5.41, 5.74) is 3.11. The molecular formula is C25H20FN3O2S. The van der Waals surface area contributed by atoms with Crippen LogP contribution >= 0.6 is 11.3 Å². The van der Waals surface area contributed by atoms with Crippen molar-refractivity contribution < 1.29 is 14.0 Å². The predicted molar refractivity (Wildman–Crippen MR) is 124 cm³/mol. The molecule has 0 unspecified atom stereocenters. The van der Waals surface area contributed by atoms with Crippen molar-refractivity contribution >= 4 is 28.8 Å². The number of hydrogen-bond acceptors (Lipinski definition) is 4. The molecule has 2 heterocycles. The molecule has 0 atom stereocenters. The number of nitrogens with zero attached hydrogens (tertiary/aromatic N) is 2. The Labute approximate surface area is 189 Å². The SMILES string of the molecule is CN(C(=O)c1ccncc1)c1ccc(CNC(=O)c2ccc(-c3ccc(F)cc3)s2)cc1. The van der Waals surface area contributed by atoms with Gasteiger partial charge in [-0.1, -0.05) is 24.3 Å². The first-order valence-corrected chi connectivity index (χ1v) is 10.7. The van der Waals surface area contributed by atoms with Crippen LogP contribution in [0.2, 0.25) is 0 Å². The summed E-state index contributed by atoms with van der Waals surface area (Å²) in [6.07, 6.45) is 3.17. The van der Waals surface area contributed by atoms with Crippen LogP contribution in [-0.4, -0.2) is 23.8 Å². The van der Waals surface area contributed by atoms with E-state index in [2.05, 4.69) is 10.3 Å². The van der Waals surface area contributed by atoms with Crippen LogP contribution in [0.3, 0.4) is 0 Å². The number of hydrogen-bond donors (Lipinski definition) is 1. The van der Waals surface area contributed by atoms with E-state index in [-0.39, 0.29) is 17.6 Å². The number of aromatic nitrogens is 1. The second kappa shape index (κ2) is 9.53. The standard InChI is InChI=1S/C25H20FN3O2S/c1-29(25(31)19-12-14-27-15-13-19)21-8-2-17(3-9-21)16-28-24(30)23-11-10-22(32-23)18-4-6-20(26)7-5-18/h2-15H,16H2,1H3,(H,28,30). The molecule has 0 aliphatic heterocycles. The topological polar surface area (TPSA) is 62.3 Å². The Morgan fingerprint density at radius 2 is 1.62 bits per heavy atom. The molecule has 5 nitrogen and oxygen atoms in total. The third-order valence-electron chi connectivity index (χ3n) is 4.97. The molecule has 4 rings (SSSR count). The fraction of sp³-hybridized carbons (Fsp3) is 0.0800. The number of pyridine rings is 1. The summed E-state index contributed by atoms with van der Waals surface area (Å²) < 4.78 is 13.1. The zero-order valence-corrected chi connectivity index (χ0v) is 18.1. The zero-order valence-electron chi connectivity index (χ0n) is 17.3. The molecule has 4 aromatic rings. The fourth-order valence-electron chi connectivity index (χ4n) is 3.14. The lowest BCUT2D eigenvalue weighted by molar-refractivity contribution is 0.0953. The van der Waals surface area contributed by atoms with Crippen molar-refractivity contribution in [3.63, 3.8) is 0 Å². The van der Waals surface area contributed by atoms with Gasteiger partial charge in [-0.25, -0.2) is 4.39 Å². The van der Waals surface area contributed by atoms with Gasteiger partial charge in [0.05, 0.1) is 4.88 Å². The molecule has 0 bridgehead atoms. The number of thiophene rings is 1. The van der Waals surface area contributed by atoms with Crippen LogP contribution in [0.25, 0.3) is 10.4 Å². The number of rotatable bonds is 6. The minimum absolute atomic E-state index is 0.122. The van der Waals surface area contributed by atoms with Crippen molar-refractivity contribution in [2.45, 2.75) is 6.54 Å². The molecular weight excluding hydrogens is 425 g/mol. The summed E-state index contributed by atoms with van der Waals surface area (Å²) in [6, 6.07) is 20.6. The number of nitrogens with one attached hydrogen (secondary N) is 1. The van der Waals surface area contributed by atoms with E-state index in [0.717, 1.165) is 21.7 Å². The Kier molecular flexibility index (Phi) is 6.37. The number of carbonyl (C=O) groups excluding carboxylic acids is 2. The molecule has 0 saturated carbocycles. The summed E-state index contributed by atoms with van der Waals surface area (Å²) in [5, 5.41) is 2.91. The van der Waals surface area contributed by atoms with Gasteiger partial charge in [0.25, 0.3) is 11.8 Å². The maximum absolute atomic E-state index is 13.1. The van der Waals surface area contributed by atoms with Gasteiger partial charge in [0.15, 0.2) is 0 Å². The summed E-state index contributed by atoms with van der Waals surface area (Å²) in [7, 11) is 1.72. The smallest absolute Gasteiger partial charge is 0.261 e. The first kappa shape index (κ1) is 21.4. The monoisotopic (exact) mass is 445 g/mol. The molecule has 2 amide bonds. The lowest BCUT2D eigenvalue weighted by Crippen LogP contribution is -2.26. The van der Waals surface area contributed by atoms with Crippen molar-refractivity contribution in [2.24, 2.45) is 0 Å². The van der Waals surface area contributed by atoms with Crippen molar-refractivity contribution in [3.05, 3.63) is 107 Å². The van der Waals surface area contributed by atoms with Crippen molar-refractivity contribution in [1.82, 2.24) is 10.3 Å². The zero-order chi connectivity index (χ0) is 22.5. The quantitative estimate of drug-likeness (QED) is 0.446. The van der Waals surface area contributed by atoms with Crippen LogP contribution in [0.1, 0.15) is 25.6 Å². The highest BCUT2D eigenvalue weighted by Gasteiger charge is 2.14. The van der Waals surface area contributed by atoms with E-state index in [1.807, 2.05) is 30.3 Å². The summed E-state index contributed by atoms with van der Waals surface area (Å²) in [5.74, 6) is -0.581. The van der Waals surface area contributed by atoms with Crippen LogP contribution < -0.4 is 10.2 Å². The third kappa shape index (κ3) is 4.90. The van der Waals surface area contributed by atoms with Gasteiger partial charge in [0.1, 0.15) is 5.82 Å². The Hall–Kier alpha value is -3.84. The van der Waals surface area contributed by atoms with Gasteiger partial charge in [0.2, 0.25) is 0 Å². The molecule has 32 heavy (non-hydrogen) atoms. The Morgan fingerprint density at radius 1 is 0.938 bits per heavy atom. The van der Waals surface area contributed by atoms with Gasteiger partial charge in [-0.2, -0.15) is 0 Å². The largest absolute Gasteiger partial charge is 0.347 e. The van der Waals surface area contributed by atoms with Gasteiger partial charge < -0.3 is 10.2 Å². The molecule has 2 aromatic carbocycles. The number of amides is 2. The molecule has 7 heteroatoms. The van der Waals surface area contributed by atoms with E-state index in [1.165, 1.54) is 23.5 Å². The lowest BCUT2D eigenvalue weighted by atomic mass is 10.1. The van der Waals surface area contributed by atoms with Crippen molar-refractivity contribution in [3.8, 4) is 10.4 Å². The second-order valence-corrected chi connectivity index (χ2v) is 8.20. The van der Waals surface area contributed by atoms with Gasteiger partial charge in [-0.3, -0.25) is 14.6 Å². The Morgan fingerprint density at radius 3 is 2.31 bits per heavy atom. The van der Waals surface area contributed by atoms with Crippen LogP contribution in [0.15, 0.2) is 85.2 Å². The van der Waals surface area contributed by atoms with E-state index in [1.54, 1.807) is 54.7 Å². The van der Waals surface area contributed by atoms with Gasteiger partial charge >= 0.3 is 0 Å². The molecule has 160 valence electrons. The van der Waals surface area contributed by atoms with E-state index < -0.39 is 0 Å². The first-order chi connectivity index (χ1) is 15.5. The maximum Gasteiger partial charge on any atom is 0.261 e. The molecule has 1 N–H and O–H groups in total. The summed E-state index contributed by atoms with van der Waals surface area (Å²) in [4.78, 5) is 32.1. The molecule has 0 fully saturated rings. The second-order valence-electron chi connectivity index (χ2n) is 7.12. The predicted octanol–water partition coefficient (Wildman–Crippen LogP) is 5.16. The average molecular weight is 446 g/mol. The highest BCUT2D eigenvalue weighted by Crippen LogP contribution is 2.28. The van der Waals surface area contributed by atoms with Gasteiger partial charge in [-0.05, 0) is 59.7 Å². The van der Waals surface area contributed by atoms with E-state index in [9.17, 15) is 14.0 Å². The number of carbonyl (C=O) groups is 2. The lowest BCUT2D eigenvalue weighted by Gasteiger charge is -2.17. The minimum atomic E-state index is -0.290. The van der Waals surface area contributed by atoms with Crippen LogP contribution in [0.4, 0.5) is 10.1 Å². The van der Waals surface area contributed by atoms with Crippen LogP contribution in [-0.2, 0) is 6.54 Å². The van der Waals surface area contributed by atoms with Gasteiger partial charge in [0, 0.05) is 42.1 Å². The Balaban J connectivity index is 1.35. The first-order valence-electron chi connectivity index (χ1n) is 9.92. The number of halogens is 1. The number of anilines is 1. The highest BCUT2D eigenvalue weighted by molar-refractivity contribution is 7.17. The van der Waals surface area contributed by atoms with E-state index in [4.69, 9.17) is 0 Å². The number of benzene rings is 2. The summed E-state index contributed by atoms with van der Waals surface area (Å²) >= 11 is 1.36. The van der Waals surface area contributed by atoms with Crippen LogP contribution in [0, 0.1) is 5.82 Å². The van der Waals surface area contributed by atoms with E-state index in [0.29, 0.717) is 17.0 Å². The Bertz CT molecular complexity index is 1220. The molecule has 0 radical (unpaired) electrons. The van der Waals surface area contributed by atoms with Crippen molar-refractivity contribution in [1.29, 1.82) is 0 Å². The normalized spacial score (nSPS) is 10.6. The third-order valence-corrected chi connectivity index (χ3v) is 6.10. The maximum atomic E-state index is 13.1. The minimum Gasteiger partial charge on any atom is -0.347 e. The molecule has 0 aliphatic rings. The van der Waals surface area contributed by atoms with Gasteiger partial charge in [-0.15, -0.1) is 11.3 Å². The van der Waals surface area contributed by atoms with Crippen molar-refractivity contribution in [2.75, 3.05) is 11.9 Å². The van der Waals surface area contributed by atoms with Crippen LogP contribution in [0.5, 0.6) is 0 Å². The highest BCUT2D eigenvalue weighted by atomic mass is 32.1. The average Bonchev–Trinajstić information content (AvgIpc) is 3.33. The van der Waals surface area contributed by atoms with E-state index >= 15 is 0 Å². The molecule has 0 aliphatic carbocycles. The molecule has 0 spiro atoms. The fourth-order valence-corrected chi connectivity index (χ4v) is 4.07. The molecule has 2 aromatic heterocycles.